The Morgan fingerprint density at radius 2 is 1.89 bits per heavy atom. The van der Waals surface area contributed by atoms with E-state index in [1.807, 2.05) is 6.07 Å². The molecule has 8 heteroatoms. The highest BCUT2D eigenvalue weighted by molar-refractivity contribution is 5.78. The molecule has 0 bridgehead atoms. The summed E-state index contributed by atoms with van der Waals surface area (Å²) in [6, 6.07) is 1.82. The van der Waals surface area contributed by atoms with Crippen LogP contribution in [0.1, 0.15) is 43.8 Å². The maximum Gasteiger partial charge on any atom is 0.225 e. The second-order valence-corrected chi connectivity index (χ2v) is 7.35. The number of anilines is 1. The lowest BCUT2D eigenvalue weighted by Gasteiger charge is -2.31. The van der Waals surface area contributed by atoms with Gasteiger partial charge in [0.15, 0.2) is 0 Å². The summed E-state index contributed by atoms with van der Waals surface area (Å²) >= 11 is 0. The molecule has 0 radical (unpaired) electrons. The highest BCUT2D eigenvalue weighted by Gasteiger charge is 2.26. The van der Waals surface area contributed by atoms with Gasteiger partial charge in [-0.15, -0.1) is 10.2 Å². The van der Waals surface area contributed by atoms with Crippen LogP contribution in [0, 0.1) is 5.92 Å². The smallest absolute Gasteiger partial charge is 0.225 e. The molecule has 4 heterocycles. The van der Waals surface area contributed by atoms with Crippen LogP contribution >= 0.6 is 0 Å². The number of nitrogens with zero attached hydrogens (tertiary/aromatic N) is 6. The van der Waals surface area contributed by atoms with Crippen molar-refractivity contribution >= 4 is 11.9 Å². The first-order valence-electron chi connectivity index (χ1n) is 10.0. The number of amides is 1. The van der Waals surface area contributed by atoms with E-state index < -0.39 is 0 Å². The molecular weight excluding hydrogens is 342 g/mol. The van der Waals surface area contributed by atoms with E-state index in [9.17, 15) is 4.79 Å². The lowest BCUT2D eigenvalue weighted by Crippen LogP contribution is -2.41. The Labute approximate surface area is 159 Å². The summed E-state index contributed by atoms with van der Waals surface area (Å²) in [5, 5.41) is 11.8. The number of piperidine rings is 1. The van der Waals surface area contributed by atoms with Gasteiger partial charge >= 0.3 is 0 Å². The molecule has 0 aromatic carbocycles. The predicted octanol–water partition coefficient (Wildman–Crippen LogP) is 1.37. The molecule has 2 aromatic heterocycles. The number of hydrogen-bond donors (Lipinski definition) is 1. The first-order valence-corrected chi connectivity index (χ1v) is 10.0. The van der Waals surface area contributed by atoms with Gasteiger partial charge in [0, 0.05) is 57.3 Å². The minimum absolute atomic E-state index is 0.0699. The molecule has 1 N–H and O–H groups in total. The number of carbonyl (C=O) groups is 1. The SMILES string of the molecule is O=C(NCCc1nnc2n1CCCCC2)C1CCN(c2ncccn2)CC1. The first-order chi connectivity index (χ1) is 13.3. The third kappa shape index (κ3) is 4.26. The van der Waals surface area contributed by atoms with Crippen LogP contribution in [0.2, 0.25) is 0 Å². The van der Waals surface area contributed by atoms with E-state index in [2.05, 4.69) is 34.9 Å². The fourth-order valence-electron chi connectivity index (χ4n) is 3.97. The molecule has 2 aliphatic heterocycles. The Morgan fingerprint density at radius 3 is 2.70 bits per heavy atom. The monoisotopic (exact) mass is 369 g/mol. The number of rotatable bonds is 5. The standard InChI is InChI=1S/C19H27N7O/c27-18(15-7-13-25(14-8-15)19-21-9-4-10-22-19)20-11-6-17-24-23-16-5-2-1-3-12-26(16)17/h4,9-10,15H,1-3,5-8,11-14H2,(H,20,27). The van der Waals surface area contributed by atoms with Crippen LogP contribution in [-0.4, -0.2) is 50.3 Å². The Balaban J connectivity index is 1.23. The maximum atomic E-state index is 12.5. The van der Waals surface area contributed by atoms with E-state index >= 15 is 0 Å². The van der Waals surface area contributed by atoms with Crippen molar-refractivity contribution < 1.29 is 4.79 Å². The highest BCUT2D eigenvalue weighted by Crippen LogP contribution is 2.20. The fraction of sp³-hybridized carbons (Fsp3) is 0.632. The predicted molar refractivity (Wildman–Crippen MR) is 101 cm³/mol. The molecule has 1 fully saturated rings. The lowest BCUT2D eigenvalue weighted by molar-refractivity contribution is -0.125. The van der Waals surface area contributed by atoms with E-state index in [-0.39, 0.29) is 11.8 Å². The maximum absolute atomic E-state index is 12.5. The molecule has 0 unspecified atom stereocenters. The minimum Gasteiger partial charge on any atom is -0.355 e. The van der Waals surface area contributed by atoms with Crippen molar-refractivity contribution in [1.29, 1.82) is 0 Å². The van der Waals surface area contributed by atoms with E-state index in [1.54, 1.807) is 12.4 Å². The highest BCUT2D eigenvalue weighted by atomic mass is 16.1. The van der Waals surface area contributed by atoms with Crippen LogP contribution in [0.3, 0.4) is 0 Å². The van der Waals surface area contributed by atoms with Gasteiger partial charge in [-0.05, 0) is 31.7 Å². The van der Waals surface area contributed by atoms with Crippen molar-refractivity contribution in [2.75, 3.05) is 24.5 Å². The van der Waals surface area contributed by atoms with Gasteiger partial charge in [0.2, 0.25) is 11.9 Å². The summed E-state index contributed by atoms with van der Waals surface area (Å²) in [5.74, 6) is 3.08. The van der Waals surface area contributed by atoms with Crippen molar-refractivity contribution in [1.82, 2.24) is 30.0 Å². The number of hydrogen-bond acceptors (Lipinski definition) is 6. The normalized spacial score (nSPS) is 18.0. The van der Waals surface area contributed by atoms with E-state index in [4.69, 9.17) is 0 Å². The van der Waals surface area contributed by atoms with Crippen LogP contribution in [0.4, 0.5) is 5.95 Å². The molecule has 27 heavy (non-hydrogen) atoms. The molecule has 4 rings (SSSR count). The van der Waals surface area contributed by atoms with Gasteiger partial charge in [0.25, 0.3) is 0 Å². The average molecular weight is 369 g/mol. The quantitative estimate of drug-likeness (QED) is 0.856. The number of nitrogens with one attached hydrogen (secondary N) is 1. The average Bonchev–Trinajstić information content (AvgIpc) is 2.95. The van der Waals surface area contributed by atoms with E-state index in [1.165, 1.54) is 19.3 Å². The zero-order chi connectivity index (χ0) is 18.5. The Bertz CT molecular complexity index is 753. The zero-order valence-corrected chi connectivity index (χ0v) is 15.7. The van der Waals surface area contributed by atoms with Gasteiger partial charge in [-0.25, -0.2) is 9.97 Å². The van der Waals surface area contributed by atoms with Crippen LogP contribution in [0.5, 0.6) is 0 Å². The van der Waals surface area contributed by atoms with Gasteiger partial charge in [-0.3, -0.25) is 4.79 Å². The van der Waals surface area contributed by atoms with Crippen molar-refractivity contribution in [3.63, 3.8) is 0 Å². The summed E-state index contributed by atoms with van der Waals surface area (Å²) in [7, 11) is 0. The van der Waals surface area contributed by atoms with Crippen LogP contribution < -0.4 is 10.2 Å². The summed E-state index contributed by atoms with van der Waals surface area (Å²) in [4.78, 5) is 23.2. The third-order valence-electron chi connectivity index (χ3n) is 5.53. The molecule has 0 spiro atoms. The molecule has 1 saturated heterocycles. The second kappa shape index (κ2) is 8.45. The van der Waals surface area contributed by atoms with Crippen LogP contribution in [0.25, 0.3) is 0 Å². The molecule has 144 valence electrons. The van der Waals surface area contributed by atoms with Crippen LogP contribution in [0.15, 0.2) is 18.5 Å². The molecule has 2 aromatic rings. The van der Waals surface area contributed by atoms with Crippen molar-refractivity contribution in [3.05, 3.63) is 30.1 Å². The molecular formula is C19H27N7O. The topological polar surface area (TPSA) is 88.8 Å². The van der Waals surface area contributed by atoms with Crippen LogP contribution in [-0.2, 0) is 24.2 Å². The Morgan fingerprint density at radius 1 is 1.07 bits per heavy atom. The third-order valence-corrected chi connectivity index (χ3v) is 5.53. The summed E-state index contributed by atoms with van der Waals surface area (Å²) in [6.07, 6.45) is 10.6. The number of aromatic nitrogens is 5. The molecule has 2 aliphatic rings. The number of fused-ring (bicyclic) bond motifs is 1. The van der Waals surface area contributed by atoms with Crippen molar-refractivity contribution in [2.24, 2.45) is 5.92 Å². The summed E-state index contributed by atoms with van der Waals surface area (Å²) in [6.45, 7) is 3.27. The van der Waals surface area contributed by atoms with Gasteiger partial charge < -0.3 is 14.8 Å². The summed E-state index contributed by atoms with van der Waals surface area (Å²) < 4.78 is 2.25. The van der Waals surface area contributed by atoms with E-state index in [0.717, 1.165) is 62.9 Å². The van der Waals surface area contributed by atoms with Gasteiger partial charge in [0.1, 0.15) is 11.6 Å². The molecule has 0 saturated carbocycles. The van der Waals surface area contributed by atoms with Gasteiger partial charge in [-0.1, -0.05) is 6.42 Å². The first kappa shape index (κ1) is 17.9. The van der Waals surface area contributed by atoms with Gasteiger partial charge in [0.05, 0.1) is 0 Å². The fourth-order valence-corrected chi connectivity index (χ4v) is 3.97. The molecule has 0 atom stereocenters. The molecule has 0 aliphatic carbocycles. The molecule has 8 nitrogen and oxygen atoms in total. The summed E-state index contributed by atoms with van der Waals surface area (Å²) in [5.41, 5.74) is 0. The lowest BCUT2D eigenvalue weighted by atomic mass is 9.96. The number of carbonyl (C=O) groups excluding carboxylic acids is 1. The second-order valence-electron chi connectivity index (χ2n) is 7.35. The molecule has 1 amide bonds. The number of aryl methyl sites for hydroxylation is 1. The largest absolute Gasteiger partial charge is 0.355 e. The van der Waals surface area contributed by atoms with Crippen molar-refractivity contribution in [3.8, 4) is 0 Å². The Kier molecular flexibility index (Phi) is 5.60. The van der Waals surface area contributed by atoms with E-state index in [0.29, 0.717) is 6.54 Å². The zero-order valence-electron chi connectivity index (χ0n) is 15.7. The minimum atomic E-state index is 0.0699. The van der Waals surface area contributed by atoms with Crippen molar-refractivity contribution in [2.45, 2.75) is 51.5 Å². The van der Waals surface area contributed by atoms with Gasteiger partial charge in [-0.2, -0.15) is 0 Å². The Hall–Kier alpha value is -2.51.